The van der Waals surface area contributed by atoms with Crippen LogP contribution in [0.25, 0.3) is 0 Å². The van der Waals surface area contributed by atoms with Gasteiger partial charge < -0.3 is 24.8 Å². The van der Waals surface area contributed by atoms with Crippen LogP contribution in [0.5, 0.6) is 11.5 Å². The largest absolute Gasteiger partial charge is 0.504 e. The molecule has 2 unspecified atom stereocenters. The van der Waals surface area contributed by atoms with Crippen LogP contribution in [0.1, 0.15) is 36.6 Å². The Morgan fingerprint density at radius 3 is 2.52 bits per heavy atom. The number of nitrogens with zero attached hydrogens (tertiary/aromatic N) is 1. The molecule has 0 aromatic heterocycles. The second-order valence-corrected chi connectivity index (χ2v) is 7.23. The Morgan fingerprint density at radius 1 is 1.21 bits per heavy atom. The first-order valence-corrected chi connectivity index (χ1v) is 9.44. The maximum Gasteiger partial charge on any atom is 0.336 e. The third kappa shape index (κ3) is 3.60. The second kappa shape index (κ2) is 8.03. The number of phenolic OH excluding ortho intramolecular Hbond substituents is 1. The SMILES string of the molecule is COC(=O)C1(C)c2cc(OC)c(O)cc2CCN1C(=O)NC(C)c1ccccc1. The van der Waals surface area contributed by atoms with Crippen LogP contribution in [0, 0.1) is 0 Å². The van der Waals surface area contributed by atoms with Crippen LogP contribution in [0.3, 0.4) is 0 Å². The number of amides is 2. The molecule has 154 valence electrons. The molecule has 2 aromatic rings. The molecule has 3 rings (SSSR count). The number of nitrogens with one attached hydrogen (secondary N) is 1. The third-order valence-corrected chi connectivity index (χ3v) is 5.54. The smallest absolute Gasteiger partial charge is 0.336 e. The second-order valence-electron chi connectivity index (χ2n) is 7.23. The van der Waals surface area contributed by atoms with Crippen molar-refractivity contribution in [1.82, 2.24) is 10.2 Å². The molecule has 0 saturated carbocycles. The van der Waals surface area contributed by atoms with E-state index in [1.54, 1.807) is 19.1 Å². The third-order valence-electron chi connectivity index (χ3n) is 5.54. The standard InChI is InChI=1S/C22H26N2O5/c1-14(15-8-6-5-7-9-15)23-21(27)24-11-10-16-12-18(25)19(28-3)13-17(16)22(24,2)20(26)29-4/h5-9,12-14,25H,10-11H2,1-4H3,(H,23,27). The molecule has 0 bridgehead atoms. The number of ether oxygens (including phenoxy) is 2. The van der Waals surface area contributed by atoms with Gasteiger partial charge in [-0.15, -0.1) is 0 Å². The first-order valence-electron chi connectivity index (χ1n) is 9.44. The lowest BCUT2D eigenvalue weighted by Crippen LogP contribution is -2.59. The molecule has 0 spiro atoms. The highest BCUT2D eigenvalue weighted by Crippen LogP contribution is 2.41. The summed E-state index contributed by atoms with van der Waals surface area (Å²) in [5.74, 6) is -0.332. The fourth-order valence-corrected chi connectivity index (χ4v) is 3.85. The number of carbonyl (C=O) groups excluding carboxylic acids is 2. The van der Waals surface area contributed by atoms with E-state index in [2.05, 4.69) is 5.32 Å². The molecule has 7 heteroatoms. The number of esters is 1. The van der Waals surface area contributed by atoms with Crippen LogP contribution in [0.2, 0.25) is 0 Å². The van der Waals surface area contributed by atoms with Crippen molar-refractivity contribution in [1.29, 1.82) is 0 Å². The van der Waals surface area contributed by atoms with Crippen molar-refractivity contribution in [2.24, 2.45) is 0 Å². The average molecular weight is 398 g/mol. The van der Waals surface area contributed by atoms with Gasteiger partial charge in [0.2, 0.25) is 0 Å². The number of aromatic hydroxyl groups is 1. The van der Waals surface area contributed by atoms with E-state index in [0.29, 0.717) is 18.5 Å². The van der Waals surface area contributed by atoms with Gasteiger partial charge in [0.25, 0.3) is 0 Å². The predicted molar refractivity (Wildman–Crippen MR) is 108 cm³/mol. The molecule has 7 nitrogen and oxygen atoms in total. The molecule has 1 heterocycles. The summed E-state index contributed by atoms with van der Waals surface area (Å²) in [5, 5.41) is 13.1. The van der Waals surface area contributed by atoms with Crippen molar-refractivity contribution in [3.05, 3.63) is 59.2 Å². The van der Waals surface area contributed by atoms with Crippen LogP contribution < -0.4 is 10.1 Å². The number of hydrogen-bond donors (Lipinski definition) is 2. The number of benzene rings is 2. The van der Waals surface area contributed by atoms with E-state index in [-0.39, 0.29) is 23.6 Å². The number of urea groups is 1. The van der Waals surface area contributed by atoms with Crippen molar-refractivity contribution >= 4 is 12.0 Å². The zero-order chi connectivity index (χ0) is 21.2. The number of fused-ring (bicyclic) bond motifs is 1. The summed E-state index contributed by atoms with van der Waals surface area (Å²) < 4.78 is 10.3. The predicted octanol–water partition coefficient (Wildman–Crippen LogP) is 3.12. The zero-order valence-electron chi connectivity index (χ0n) is 17.1. The van der Waals surface area contributed by atoms with E-state index in [9.17, 15) is 14.7 Å². The molecule has 0 fully saturated rings. The molecular formula is C22H26N2O5. The lowest BCUT2D eigenvalue weighted by molar-refractivity contribution is -0.153. The Bertz CT molecular complexity index is 915. The summed E-state index contributed by atoms with van der Waals surface area (Å²) in [5.41, 5.74) is 0.956. The number of carbonyl (C=O) groups is 2. The van der Waals surface area contributed by atoms with Crippen molar-refractivity contribution in [2.75, 3.05) is 20.8 Å². The minimum absolute atomic E-state index is 0.00549. The van der Waals surface area contributed by atoms with Crippen molar-refractivity contribution in [3.8, 4) is 11.5 Å². The molecule has 2 atom stereocenters. The van der Waals surface area contributed by atoms with Gasteiger partial charge in [-0.05, 0) is 49.1 Å². The van der Waals surface area contributed by atoms with Crippen molar-refractivity contribution in [2.45, 2.75) is 31.8 Å². The van der Waals surface area contributed by atoms with Crippen molar-refractivity contribution < 1.29 is 24.2 Å². The topological polar surface area (TPSA) is 88.1 Å². The number of hydrogen-bond acceptors (Lipinski definition) is 5. The Labute approximate surface area is 170 Å². The molecular weight excluding hydrogens is 372 g/mol. The minimum Gasteiger partial charge on any atom is -0.504 e. The summed E-state index contributed by atoms with van der Waals surface area (Å²) in [7, 11) is 2.73. The van der Waals surface area contributed by atoms with Gasteiger partial charge in [0.1, 0.15) is 0 Å². The number of phenols is 1. The van der Waals surface area contributed by atoms with Crippen LogP contribution in [-0.2, 0) is 21.5 Å². The molecule has 1 aliphatic heterocycles. The molecule has 2 amide bonds. The number of methoxy groups -OCH3 is 2. The van der Waals surface area contributed by atoms with Gasteiger partial charge in [0.15, 0.2) is 17.0 Å². The maximum absolute atomic E-state index is 13.2. The number of rotatable bonds is 4. The molecule has 29 heavy (non-hydrogen) atoms. The van der Waals surface area contributed by atoms with E-state index < -0.39 is 11.5 Å². The fourth-order valence-electron chi connectivity index (χ4n) is 3.85. The highest BCUT2D eigenvalue weighted by molar-refractivity contribution is 5.89. The van der Waals surface area contributed by atoms with Crippen LogP contribution in [-0.4, -0.2) is 42.8 Å². The molecule has 1 aliphatic rings. The summed E-state index contributed by atoms with van der Waals surface area (Å²) in [4.78, 5) is 27.5. The van der Waals surface area contributed by atoms with Crippen LogP contribution in [0.15, 0.2) is 42.5 Å². The van der Waals surface area contributed by atoms with E-state index in [1.807, 2.05) is 37.3 Å². The quantitative estimate of drug-likeness (QED) is 0.773. The van der Waals surface area contributed by atoms with Crippen molar-refractivity contribution in [3.63, 3.8) is 0 Å². The Kier molecular flexibility index (Phi) is 5.68. The summed E-state index contributed by atoms with van der Waals surface area (Å²) in [6.07, 6.45) is 0.493. The lowest BCUT2D eigenvalue weighted by Gasteiger charge is -2.44. The summed E-state index contributed by atoms with van der Waals surface area (Å²) in [6, 6.07) is 12.2. The van der Waals surface area contributed by atoms with E-state index in [1.165, 1.54) is 19.1 Å². The Balaban J connectivity index is 1.98. The van der Waals surface area contributed by atoms with E-state index >= 15 is 0 Å². The summed E-state index contributed by atoms with van der Waals surface area (Å²) in [6.45, 7) is 3.85. The monoisotopic (exact) mass is 398 g/mol. The minimum atomic E-state index is -1.36. The average Bonchev–Trinajstić information content (AvgIpc) is 2.73. The normalized spacial score (nSPS) is 19.1. The van der Waals surface area contributed by atoms with Gasteiger partial charge >= 0.3 is 12.0 Å². The van der Waals surface area contributed by atoms with E-state index in [4.69, 9.17) is 9.47 Å². The highest BCUT2D eigenvalue weighted by atomic mass is 16.5. The van der Waals surface area contributed by atoms with Gasteiger partial charge in [0, 0.05) is 6.54 Å². The zero-order valence-corrected chi connectivity index (χ0v) is 17.1. The highest BCUT2D eigenvalue weighted by Gasteiger charge is 2.49. The van der Waals surface area contributed by atoms with Gasteiger partial charge in [0.05, 0.1) is 20.3 Å². The van der Waals surface area contributed by atoms with Crippen LogP contribution >= 0.6 is 0 Å². The first kappa shape index (κ1) is 20.5. The Morgan fingerprint density at radius 2 is 1.90 bits per heavy atom. The molecule has 0 aliphatic carbocycles. The van der Waals surface area contributed by atoms with Gasteiger partial charge in [-0.2, -0.15) is 0 Å². The molecule has 0 radical (unpaired) electrons. The fraction of sp³-hybridized carbons (Fsp3) is 0.364. The molecule has 0 saturated heterocycles. The lowest BCUT2D eigenvalue weighted by atomic mass is 9.81. The Hall–Kier alpha value is -3.22. The van der Waals surface area contributed by atoms with Gasteiger partial charge in [-0.1, -0.05) is 30.3 Å². The molecule has 2 N–H and O–H groups in total. The summed E-state index contributed by atoms with van der Waals surface area (Å²) >= 11 is 0. The van der Waals surface area contributed by atoms with Gasteiger partial charge in [-0.3, -0.25) is 0 Å². The van der Waals surface area contributed by atoms with Gasteiger partial charge in [-0.25, -0.2) is 9.59 Å². The van der Waals surface area contributed by atoms with E-state index in [0.717, 1.165) is 11.1 Å². The maximum atomic E-state index is 13.2. The first-order chi connectivity index (χ1) is 13.8. The molecule has 2 aromatic carbocycles. The van der Waals surface area contributed by atoms with Crippen LogP contribution in [0.4, 0.5) is 4.79 Å².